The Morgan fingerprint density at radius 2 is 2.20 bits per heavy atom. The van der Waals surface area contributed by atoms with Gasteiger partial charge in [-0.2, -0.15) is 0 Å². The van der Waals surface area contributed by atoms with Crippen molar-refractivity contribution in [3.63, 3.8) is 0 Å². The third kappa shape index (κ3) is 2.06. The SMILES string of the molecule is COc1ccc(OC)c(C2NCCO2)c1. The average Bonchev–Trinajstić information content (AvgIpc) is 2.81. The van der Waals surface area contributed by atoms with Gasteiger partial charge in [-0.25, -0.2) is 0 Å². The van der Waals surface area contributed by atoms with Crippen LogP contribution in [0, 0.1) is 0 Å². The molecule has 1 saturated heterocycles. The van der Waals surface area contributed by atoms with Crippen LogP contribution in [0.15, 0.2) is 18.2 Å². The molecule has 1 atom stereocenters. The third-order valence-electron chi connectivity index (χ3n) is 2.44. The molecule has 82 valence electrons. The summed E-state index contributed by atoms with van der Waals surface area (Å²) in [6.07, 6.45) is -0.0879. The van der Waals surface area contributed by atoms with E-state index >= 15 is 0 Å². The second kappa shape index (κ2) is 4.51. The zero-order chi connectivity index (χ0) is 10.7. The summed E-state index contributed by atoms with van der Waals surface area (Å²) in [6.45, 7) is 1.59. The van der Waals surface area contributed by atoms with Crippen LogP contribution >= 0.6 is 0 Å². The molecule has 1 fully saturated rings. The summed E-state index contributed by atoms with van der Waals surface area (Å²) in [5.41, 5.74) is 0.981. The third-order valence-corrected chi connectivity index (χ3v) is 2.44. The van der Waals surface area contributed by atoms with Gasteiger partial charge in [0.15, 0.2) is 0 Å². The van der Waals surface area contributed by atoms with E-state index in [9.17, 15) is 0 Å². The lowest BCUT2D eigenvalue weighted by Crippen LogP contribution is -2.14. The molecule has 15 heavy (non-hydrogen) atoms. The Kier molecular flexibility index (Phi) is 3.08. The number of hydrogen-bond donors (Lipinski definition) is 1. The minimum Gasteiger partial charge on any atom is -0.497 e. The fourth-order valence-corrected chi connectivity index (χ4v) is 1.67. The van der Waals surface area contributed by atoms with Crippen molar-refractivity contribution in [3.05, 3.63) is 23.8 Å². The van der Waals surface area contributed by atoms with Crippen LogP contribution in [0.5, 0.6) is 11.5 Å². The Balaban J connectivity index is 2.32. The largest absolute Gasteiger partial charge is 0.497 e. The molecule has 0 aliphatic carbocycles. The average molecular weight is 209 g/mol. The molecule has 0 amide bonds. The highest BCUT2D eigenvalue weighted by molar-refractivity contribution is 5.41. The van der Waals surface area contributed by atoms with Gasteiger partial charge in [-0.15, -0.1) is 0 Å². The lowest BCUT2D eigenvalue weighted by Gasteiger charge is -2.15. The van der Waals surface area contributed by atoms with Gasteiger partial charge in [-0.05, 0) is 18.2 Å². The van der Waals surface area contributed by atoms with Gasteiger partial charge < -0.3 is 14.2 Å². The first-order valence-electron chi connectivity index (χ1n) is 4.92. The van der Waals surface area contributed by atoms with Gasteiger partial charge >= 0.3 is 0 Å². The van der Waals surface area contributed by atoms with Crippen LogP contribution in [0.3, 0.4) is 0 Å². The molecule has 1 aromatic rings. The van der Waals surface area contributed by atoms with Crippen LogP contribution in [-0.2, 0) is 4.74 Å². The summed E-state index contributed by atoms with van der Waals surface area (Å²) in [4.78, 5) is 0. The van der Waals surface area contributed by atoms with Crippen LogP contribution in [0.25, 0.3) is 0 Å². The lowest BCUT2D eigenvalue weighted by molar-refractivity contribution is 0.0994. The number of ether oxygens (including phenoxy) is 3. The predicted octanol–water partition coefficient (Wildman–Crippen LogP) is 1.32. The van der Waals surface area contributed by atoms with Gasteiger partial charge in [-0.3, -0.25) is 5.32 Å². The molecule has 1 N–H and O–H groups in total. The molecule has 1 aromatic carbocycles. The van der Waals surface area contributed by atoms with Gasteiger partial charge in [-0.1, -0.05) is 0 Å². The Bertz CT molecular complexity index is 335. The molecule has 1 heterocycles. The van der Waals surface area contributed by atoms with Gasteiger partial charge in [0.1, 0.15) is 17.7 Å². The number of benzene rings is 1. The first-order chi connectivity index (χ1) is 7.35. The topological polar surface area (TPSA) is 39.7 Å². The maximum atomic E-state index is 5.53. The Hall–Kier alpha value is -1.26. The monoisotopic (exact) mass is 209 g/mol. The molecule has 0 aromatic heterocycles. The van der Waals surface area contributed by atoms with E-state index in [2.05, 4.69) is 5.32 Å². The molecular formula is C11H15NO3. The Morgan fingerprint density at radius 3 is 2.80 bits per heavy atom. The van der Waals surface area contributed by atoms with Crippen LogP contribution < -0.4 is 14.8 Å². The number of nitrogens with one attached hydrogen (secondary N) is 1. The zero-order valence-corrected chi connectivity index (χ0v) is 8.95. The van der Waals surface area contributed by atoms with Gasteiger partial charge in [0.25, 0.3) is 0 Å². The van der Waals surface area contributed by atoms with E-state index in [0.29, 0.717) is 0 Å². The summed E-state index contributed by atoms with van der Waals surface area (Å²) in [5, 5.41) is 3.24. The predicted molar refractivity (Wildman–Crippen MR) is 56.2 cm³/mol. The van der Waals surface area contributed by atoms with Crippen LogP contribution in [0.2, 0.25) is 0 Å². The van der Waals surface area contributed by atoms with Crippen LogP contribution in [0.4, 0.5) is 0 Å². The van der Waals surface area contributed by atoms with E-state index in [1.807, 2.05) is 18.2 Å². The number of methoxy groups -OCH3 is 2. The Labute approximate surface area is 89.1 Å². The number of hydrogen-bond acceptors (Lipinski definition) is 4. The molecule has 1 unspecified atom stereocenters. The molecule has 0 saturated carbocycles. The van der Waals surface area contributed by atoms with Crippen molar-refractivity contribution in [3.8, 4) is 11.5 Å². The van der Waals surface area contributed by atoms with E-state index in [-0.39, 0.29) is 6.23 Å². The summed E-state index contributed by atoms with van der Waals surface area (Å²) >= 11 is 0. The first kappa shape index (κ1) is 10.3. The minimum absolute atomic E-state index is 0.0879. The zero-order valence-electron chi connectivity index (χ0n) is 8.95. The van der Waals surface area contributed by atoms with Gasteiger partial charge in [0, 0.05) is 12.1 Å². The first-order valence-corrected chi connectivity index (χ1v) is 4.92. The highest BCUT2D eigenvalue weighted by Crippen LogP contribution is 2.31. The van der Waals surface area contributed by atoms with Gasteiger partial charge in [0.2, 0.25) is 0 Å². The summed E-state index contributed by atoms with van der Waals surface area (Å²) in [6, 6.07) is 5.69. The van der Waals surface area contributed by atoms with Crippen LogP contribution in [0.1, 0.15) is 11.8 Å². The second-order valence-corrected chi connectivity index (χ2v) is 3.31. The van der Waals surface area contributed by atoms with Crippen LogP contribution in [-0.4, -0.2) is 27.4 Å². The van der Waals surface area contributed by atoms with Crippen molar-refractivity contribution in [2.24, 2.45) is 0 Å². The molecule has 0 bridgehead atoms. The minimum atomic E-state index is -0.0879. The van der Waals surface area contributed by atoms with Crippen molar-refractivity contribution in [2.75, 3.05) is 27.4 Å². The highest BCUT2D eigenvalue weighted by atomic mass is 16.5. The molecule has 4 nitrogen and oxygen atoms in total. The highest BCUT2D eigenvalue weighted by Gasteiger charge is 2.21. The van der Waals surface area contributed by atoms with E-state index in [1.54, 1.807) is 14.2 Å². The van der Waals surface area contributed by atoms with Crippen molar-refractivity contribution in [1.82, 2.24) is 5.32 Å². The van der Waals surface area contributed by atoms with E-state index in [0.717, 1.165) is 30.2 Å². The molecule has 2 rings (SSSR count). The number of rotatable bonds is 3. The molecule has 1 aliphatic rings. The quantitative estimate of drug-likeness (QED) is 0.815. The summed E-state index contributed by atoms with van der Waals surface area (Å²) in [5.74, 6) is 1.62. The molecule has 0 radical (unpaired) electrons. The summed E-state index contributed by atoms with van der Waals surface area (Å²) < 4.78 is 16.0. The fraction of sp³-hybridized carbons (Fsp3) is 0.455. The van der Waals surface area contributed by atoms with E-state index in [4.69, 9.17) is 14.2 Å². The van der Waals surface area contributed by atoms with Crippen molar-refractivity contribution in [2.45, 2.75) is 6.23 Å². The second-order valence-electron chi connectivity index (χ2n) is 3.31. The standard InChI is InChI=1S/C11H15NO3/c1-13-8-3-4-10(14-2)9(7-8)11-12-5-6-15-11/h3-4,7,11-12H,5-6H2,1-2H3. The maximum absolute atomic E-state index is 5.53. The van der Waals surface area contributed by atoms with E-state index in [1.165, 1.54) is 0 Å². The molecule has 0 spiro atoms. The maximum Gasteiger partial charge on any atom is 0.138 e. The fourth-order valence-electron chi connectivity index (χ4n) is 1.67. The normalized spacial score (nSPS) is 20.3. The van der Waals surface area contributed by atoms with Gasteiger partial charge in [0.05, 0.1) is 20.8 Å². The smallest absolute Gasteiger partial charge is 0.138 e. The van der Waals surface area contributed by atoms with Crippen molar-refractivity contribution in [1.29, 1.82) is 0 Å². The van der Waals surface area contributed by atoms with Crippen molar-refractivity contribution < 1.29 is 14.2 Å². The lowest BCUT2D eigenvalue weighted by atomic mass is 10.1. The molecular weight excluding hydrogens is 194 g/mol. The van der Waals surface area contributed by atoms with E-state index < -0.39 is 0 Å². The molecule has 4 heteroatoms. The molecule has 1 aliphatic heterocycles. The van der Waals surface area contributed by atoms with Crippen molar-refractivity contribution >= 4 is 0 Å². The summed E-state index contributed by atoms with van der Waals surface area (Å²) in [7, 11) is 3.30. The Morgan fingerprint density at radius 1 is 1.33 bits per heavy atom.